The summed E-state index contributed by atoms with van der Waals surface area (Å²) in [6.07, 6.45) is 0. The number of likely N-dealkylation sites (N-methyl/N-ethyl adjacent to an activating group) is 1. The lowest BCUT2D eigenvalue weighted by molar-refractivity contribution is -0.116. The smallest absolute Gasteiger partial charge is 0.265 e. The number of rotatable bonds is 4. The molecule has 0 aliphatic rings. The molecule has 1 heterocycles. The van der Waals surface area contributed by atoms with Crippen LogP contribution in [-0.2, 0) is 4.79 Å². The van der Waals surface area contributed by atoms with Crippen molar-refractivity contribution in [2.24, 2.45) is 0 Å². The molecule has 1 aromatic heterocycles. The van der Waals surface area contributed by atoms with Gasteiger partial charge in [-0.1, -0.05) is 23.7 Å². The van der Waals surface area contributed by atoms with Crippen LogP contribution in [0.4, 0.5) is 10.1 Å². The van der Waals surface area contributed by atoms with Gasteiger partial charge < -0.3 is 10.2 Å². The Hall–Kier alpha value is -2.44. The monoisotopic (exact) mass is 404 g/mol. The van der Waals surface area contributed by atoms with E-state index in [1.807, 2.05) is 32.0 Å². The largest absolute Gasteiger partial charge is 0.332 e. The van der Waals surface area contributed by atoms with Gasteiger partial charge >= 0.3 is 0 Å². The Bertz CT molecular complexity index is 1050. The first-order valence-corrected chi connectivity index (χ1v) is 9.46. The number of benzene rings is 2. The SMILES string of the molecule is Cc1cccc(NC(=O)CN(C)C(=O)c2sc3cc(F)ccc3c2Cl)c1C. The number of halogens is 2. The molecule has 2 aromatic carbocycles. The van der Waals surface area contributed by atoms with E-state index in [0.717, 1.165) is 28.2 Å². The van der Waals surface area contributed by atoms with E-state index in [1.54, 1.807) is 6.07 Å². The summed E-state index contributed by atoms with van der Waals surface area (Å²) in [6.45, 7) is 3.77. The fourth-order valence-electron chi connectivity index (χ4n) is 2.71. The van der Waals surface area contributed by atoms with Gasteiger partial charge in [0.1, 0.15) is 10.7 Å². The van der Waals surface area contributed by atoms with Crippen LogP contribution >= 0.6 is 22.9 Å². The Labute approximate surface area is 165 Å². The van der Waals surface area contributed by atoms with Crippen LogP contribution in [0.15, 0.2) is 36.4 Å². The van der Waals surface area contributed by atoms with Crippen LogP contribution < -0.4 is 5.32 Å². The second kappa shape index (κ2) is 7.66. The first-order valence-electron chi connectivity index (χ1n) is 8.27. The Balaban J connectivity index is 1.75. The first-order chi connectivity index (χ1) is 12.8. The molecule has 0 radical (unpaired) electrons. The molecule has 0 unspecified atom stereocenters. The van der Waals surface area contributed by atoms with E-state index in [0.29, 0.717) is 15.0 Å². The van der Waals surface area contributed by atoms with Crippen molar-refractivity contribution in [2.75, 3.05) is 18.9 Å². The third-order valence-corrected chi connectivity index (χ3v) is 6.04. The summed E-state index contributed by atoms with van der Waals surface area (Å²) >= 11 is 7.41. The zero-order chi connectivity index (χ0) is 19.7. The Kier molecular flexibility index (Phi) is 5.48. The third kappa shape index (κ3) is 3.96. The fraction of sp³-hybridized carbons (Fsp3) is 0.200. The molecular formula is C20H18ClFN2O2S. The zero-order valence-corrected chi connectivity index (χ0v) is 16.7. The molecule has 0 bridgehead atoms. The zero-order valence-electron chi connectivity index (χ0n) is 15.1. The predicted molar refractivity (Wildman–Crippen MR) is 108 cm³/mol. The van der Waals surface area contributed by atoms with Gasteiger partial charge in [-0.05, 0) is 49.2 Å². The summed E-state index contributed by atoms with van der Waals surface area (Å²) in [6, 6.07) is 9.84. The number of carbonyl (C=O) groups excluding carboxylic acids is 2. The van der Waals surface area contributed by atoms with Crippen molar-refractivity contribution >= 4 is 50.5 Å². The number of nitrogens with one attached hydrogen (secondary N) is 1. The number of anilines is 1. The minimum Gasteiger partial charge on any atom is -0.332 e. The summed E-state index contributed by atoms with van der Waals surface area (Å²) in [4.78, 5) is 26.6. The van der Waals surface area contributed by atoms with E-state index in [4.69, 9.17) is 11.6 Å². The molecular weight excluding hydrogens is 387 g/mol. The molecule has 27 heavy (non-hydrogen) atoms. The highest BCUT2D eigenvalue weighted by molar-refractivity contribution is 7.21. The molecule has 0 atom stereocenters. The Morgan fingerprint density at radius 3 is 2.70 bits per heavy atom. The topological polar surface area (TPSA) is 49.4 Å². The number of hydrogen-bond donors (Lipinski definition) is 1. The second-order valence-electron chi connectivity index (χ2n) is 6.34. The molecule has 0 saturated carbocycles. The number of thiophene rings is 1. The molecule has 3 aromatic rings. The maximum atomic E-state index is 13.4. The van der Waals surface area contributed by atoms with Crippen LogP contribution in [0.3, 0.4) is 0 Å². The second-order valence-corrected chi connectivity index (χ2v) is 7.77. The number of aryl methyl sites for hydroxylation is 1. The lowest BCUT2D eigenvalue weighted by Gasteiger charge is -2.17. The van der Waals surface area contributed by atoms with E-state index in [2.05, 4.69) is 5.32 Å². The van der Waals surface area contributed by atoms with E-state index in [-0.39, 0.29) is 29.2 Å². The molecule has 4 nitrogen and oxygen atoms in total. The van der Waals surface area contributed by atoms with Crippen LogP contribution in [0.1, 0.15) is 20.8 Å². The van der Waals surface area contributed by atoms with Gasteiger partial charge in [0.05, 0.1) is 11.6 Å². The van der Waals surface area contributed by atoms with E-state index < -0.39 is 0 Å². The average Bonchev–Trinajstić information content (AvgIpc) is 2.94. The van der Waals surface area contributed by atoms with Crippen molar-refractivity contribution in [1.29, 1.82) is 0 Å². The molecule has 140 valence electrons. The minimum atomic E-state index is -0.388. The average molecular weight is 405 g/mol. The maximum Gasteiger partial charge on any atom is 0.265 e. The fourth-order valence-corrected chi connectivity index (χ4v) is 4.24. The summed E-state index contributed by atoms with van der Waals surface area (Å²) in [7, 11) is 1.53. The van der Waals surface area contributed by atoms with Gasteiger partial charge in [0, 0.05) is 22.8 Å². The summed E-state index contributed by atoms with van der Waals surface area (Å²) in [5, 5.41) is 3.73. The highest BCUT2D eigenvalue weighted by Crippen LogP contribution is 2.36. The van der Waals surface area contributed by atoms with Crippen LogP contribution in [0.5, 0.6) is 0 Å². The molecule has 0 saturated heterocycles. The van der Waals surface area contributed by atoms with Crippen LogP contribution in [0.2, 0.25) is 5.02 Å². The molecule has 0 aliphatic heterocycles. The summed E-state index contributed by atoms with van der Waals surface area (Å²) < 4.78 is 14.0. The molecule has 7 heteroatoms. The van der Waals surface area contributed by atoms with Crippen molar-refractivity contribution in [3.8, 4) is 0 Å². The van der Waals surface area contributed by atoms with Crippen LogP contribution in [0, 0.1) is 19.7 Å². The van der Waals surface area contributed by atoms with Crippen molar-refractivity contribution in [3.63, 3.8) is 0 Å². The highest BCUT2D eigenvalue weighted by atomic mass is 35.5. The molecule has 2 amide bonds. The molecule has 0 aliphatic carbocycles. The van der Waals surface area contributed by atoms with Crippen LogP contribution in [0.25, 0.3) is 10.1 Å². The van der Waals surface area contributed by atoms with E-state index >= 15 is 0 Å². The van der Waals surface area contributed by atoms with Gasteiger partial charge in [-0.3, -0.25) is 9.59 Å². The van der Waals surface area contributed by atoms with Gasteiger partial charge in [0.15, 0.2) is 0 Å². The van der Waals surface area contributed by atoms with Crippen LogP contribution in [-0.4, -0.2) is 30.3 Å². The number of fused-ring (bicyclic) bond motifs is 1. The predicted octanol–water partition coefficient (Wildman–Crippen LogP) is 5.02. The summed E-state index contributed by atoms with van der Waals surface area (Å²) in [5.41, 5.74) is 2.77. The molecule has 0 fully saturated rings. The van der Waals surface area contributed by atoms with Crippen molar-refractivity contribution in [3.05, 3.63) is 63.2 Å². The lowest BCUT2D eigenvalue weighted by atomic mass is 10.1. The van der Waals surface area contributed by atoms with Gasteiger partial charge in [0.2, 0.25) is 5.91 Å². The van der Waals surface area contributed by atoms with Gasteiger partial charge in [-0.25, -0.2) is 4.39 Å². The third-order valence-electron chi connectivity index (χ3n) is 4.39. The normalized spacial score (nSPS) is 10.9. The highest BCUT2D eigenvalue weighted by Gasteiger charge is 2.22. The number of hydrogen-bond acceptors (Lipinski definition) is 3. The quantitative estimate of drug-likeness (QED) is 0.663. The standard InChI is InChI=1S/C20H18ClFN2O2S/c1-11-5-4-6-15(12(11)2)23-17(25)10-24(3)20(26)19-18(21)14-8-7-13(22)9-16(14)27-19/h4-9H,10H2,1-3H3,(H,23,25). The number of carbonyl (C=O) groups is 2. The molecule has 3 rings (SSSR count). The number of amides is 2. The molecule has 0 spiro atoms. The molecule has 1 N–H and O–H groups in total. The maximum absolute atomic E-state index is 13.4. The van der Waals surface area contributed by atoms with Crippen molar-refractivity contribution < 1.29 is 14.0 Å². The van der Waals surface area contributed by atoms with E-state index in [9.17, 15) is 14.0 Å². The summed E-state index contributed by atoms with van der Waals surface area (Å²) in [5.74, 6) is -1.07. The number of nitrogens with zero attached hydrogens (tertiary/aromatic N) is 1. The first kappa shape index (κ1) is 19.3. The van der Waals surface area contributed by atoms with Gasteiger partial charge in [0.25, 0.3) is 5.91 Å². The van der Waals surface area contributed by atoms with Crippen molar-refractivity contribution in [2.45, 2.75) is 13.8 Å². The van der Waals surface area contributed by atoms with Crippen molar-refractivity contribution in [1.82, 2.24) is 4.90 Å². The van der Waals surface area contributed by atoms with E-state index in [1.165, 1.54) is 24.1 Å². The van der Waals surface area contributed by atoms with Gasteiger partial charge in [-0.15, -0.1) is 11.3 Å². The Morgan fingerprint density at radius 1 is 1.22 bits per heavy atom. The van der Waals surface area contributed by atoms with Gasteiger partial charge in [-0.2, -0.15) is 0 Å². The minimum absolute atomic E-state index is 0.120. The Morgan fingerprint density at radius 2 is 1.96 bits per heavy atom. The lowest BCUT2D eigenvalue weighted by Crippen LogP contribution is -2.34.